The van der Waals surface area contributed by atoms with E-state index in [0.29, 0.717) is 38.3 Å². The largest absolute Gasteiger partial charge is 0.462 e. The van der Waals surface area contributed by atoms with Crippen molar-refractivity contribution in [2.45, 2.75) is 186 Å². The number of esters is 2. The average molecular weight is 832 g/mol. The van der Waals surface area contributed by atoms with Crippen molar-refractivity contribution in [3.8, 4) is 0 Å². The molecular weight excluding hydrogens is 751 g/mol. The maximum atomic E-state index is 12.7. The van der Waals surface area contributed by atoms with E-state index in [-0.39, 0.29) is 78.3 Å². The fourth-order valence-corrected chi connectivity index (χ4v) is 10.6. The molecule has 59 heavy (non-hydrogen) atoms. The van der Waals surface area contributed by atoms with Crippen molar-refractivity contribution in [1.82, 2.24) is 4.90 Å². The normalized spacial score (nSPS) is 40.0. The minimum absolute atomic E-state index is 0.121. The zero-order valence-electron chi connectivity index (χ0n) is 38.3. The average Bonchev–Trinajstić information content (AvgIpc) is 3.18. The molecule has 2 bridgehead atoms. The lowest BCUT2D eigenvalue weighted by molar-refractivity contribution is -0.324. The molecule has 3 heterocycles. The second kappa shape index (κ2) is 23.9. The molecule has 14 atom stereocenters. The van der Waals surface area contributed by atoms with Gasteiger partial charge in [0.15, 0.2) is 5.79 Å². The van der Waals surface area contributed by atoms with Gasteiger partial charge >= 0.3 is 11.9 Å². The van der Waals surface area contributed by atoms with Crippen LogP contribution < -0.4 is 0 Å². The molecule has 338 valence electrons. The van der Waals surface area contributed by atoms with Gasteiger partial charge in [-0.05, 0) is 114 Å². The van der Waals surface area contributed by atoms with Gasteiger partial charge in [-0.1, -0.05) is 51.0 Å². The molecule has 0 aromatic heterocycles. The van der Waals surface area contributed by atoms with Crippen molar-refractivity contribution in [3.63, 3.8) is 0 Å². The molecule has 2 saturated heterocycles. The summed E-state index contributed by atoms with van der Waals surface area (Å²) in [5, 5.41) is 12.3. The topological polar surface area (TPSA) is 122 Å². The van der Waals surface area contributed by atoms with Crippen LogP contribution in [-0.2, 0) is 42.7 Å². The number of piperidine rings is 1. The third-order valence-electron chi connectivity index (χ3n) is 13.8. The number of aliphatic hydroxyl groups is 1. The number of ether oxygens (including phenoxy) is 7. The van der Waals surface area contributed by atoms with Gasteiger partial charge in [-0.2, -0.15) is 0 Å². The van der Waals surface area contributed by atoms with E-state index in [2.05, 4.69) is 58.2 Å². The molecule has 0 amide bonds. The first kappa shape index (κ1) is 49.5. The van der Waals surface area contributed by atoms with Crippen LogP contribution in [-0.4, -0.2) is 118 Å². The van der Waals surface area contributed by atoms with E-state index in [1.807, 2.05) is 6.08 Å². The van der Waals surface area contributed by atoms with Gasteiger partial charge in [-0.15, -0.1) is 6.58 Å². The number of methoxy groups -OCH3 is 3. The summed E-state index contributed by atoms with van der Waals surface area (Å²) >= 11 is 0. The van der Waals surface area contributed by atoms with Crippen LogP contribution in [0.1, 0.15) is 132 Å². The predicted octanol–water partition coefficient (Wildman–Crippen LogP) is 8.37. The maximum Gasteiger partial charge on any atom is 0.302 e. The Kier molecular flexibility index (Phi) is 20.1. The number of carbonyl (C=O) groups excluding carboxylic acids is 2. The Morgan fingerprint density at radius 2 is 1.53 bits per heavy atom. The van der Waals surface area contributed by atoms with E-state index >= 15 is 0 Å². The molecule has 1 N–H and O–H groups in total. The molecule has 0 radical (unpaired) electrons. The lowest BCUT2D eigenvalue weighted by Crippen LogP contribution is -2.58. The molecule has 3 fully saturated rings. The first-order chi connectivity index (χ1) is 28.1. The smallest absolute Gasteiger partial charge is 0.302 e. The van der Waals surface area contributed by atoms with Gasteiger partial charge in [0.2, 0.25) is 0 Å². The van der Waals surface area contributed by atoms with Crippen LogP contribution in [0.15, 0.2) is 36.0 Å². The van der Waals surface area contributed by atoms with Gasteiger partial charge in [0.05, 0.1) is 31.0 Å². The van der Waals surface area contributed by atoms with Crippen LogP contribution >= 0.6 is 0 Å². The minimum Gasteiger partial charge on any atom is -0.462 e. The summed E-state index contributed by atoms with van der Waals surface area (Å²) in [5.41, 5.74) is 2.41. The highest BCUT2D eigenvalue weighted by molar-refractivity contribution is 5.66. The van der Waals surface area contributed by atoms with Crippen molar-refractivity contribution in [2.24, 2.45) is 29.6 Å². The summed E-state index contributed by atoms with van der Waals surface area (Å²) in [5.74, 6) is -1.39. The molecule has 3 aliphatic heterocycles. The van der Waals surface area contributed by atoms with Crippen molar-refractivity contribution in [3.05, 3.63) is 36.0 Å². The summed E-state index contributed by atoms with van der Waals surface area (Å²) in [4.78, 5) is 27.0. The Morgan fingerprint density at radius 1 is 0.864 bits per heavy atom. The summed E-state index contributed by atoms with van der Waals surface area (Å²) in [6.45, 7) is 20.0. The van der Waals surface area contributed by atoms with Gasteiger partial charge in [0.1, 0.15) is 18.3 Å². The van der Waals surface area contributed by atoms with Crippen molar-refractivity contribution >= 4 is 11.9 Å². The molecule has 4 aliphatic rings. The van der Waals surface area contributed by atoms with E-state index in [1.54, 1.807) is 21.3 Å². The van der Waals surface area contributed by atoms with Crippen LogP contribution in [0.2, 0.25) is 0 Å². The van der Waals surface area contributed by atoms with Gasteiger partial charge in [-0.3, -0.25) is 14.5 Å². The molecule has 11 nitrogen and oxygen atoms in total. The van der Waals surface area contributed by atoms with Crippen LogP contribution in [0, 0.1) is 29.6 Å². The second-order valence-electron chi connectivity index (χ2n) is 18.6. The summed E-state index contributed by atoms with van der Waals surface area (Å²) in [6.07, 6.45) is 15.5. The predicted molar refractivity (Wildman–Crippen MR) is 231 cm³/mol. The molecule has 0 spiro atoms. The lowest BCUT2D eigenvalue weighted by atomic mass is 9.81. The van der Waals surface area contributed by atoms with Crippen LogP contribution in [0.4, 0.5) is 0 Å². The van der Waals surface area contributed by atoms with Crippen LogP contribution in [0.3, 0.4) is 0 Å². The highest BCUT2D eigenvalue weighted by Gasteiger charge is 2.49. The van der Waals surface area contributed by atoms with E-state index in [0.717, 1.165) is 76.3 Å². The molecule has 14 unspecified atom stereocenters. The number of carbonyl (C=O) groups is 2. The number of allylic oxidation sites excluding steroid dienone is 4. The SMILES string of the molecule is C=CCC1/C=C(/C)CC(C)CC(OC)C2OC(O)(CCN3CCCCC3COC(/C(C)=C/C3CCC(OC(C)=O)C(OC)C3)C(C)C(OC(C)=O)CC1)C(C)CC2OC. The standard InChI is InChI=1S/C48H81NO10/c1-12-15-38-17-19-41(57-36(7)50)35(6)46(33(4)27-39-18-20-42(58-37(8)51)43(29-39)53-9)56-30-40-16-13-14-22-49(40)23-21-48(52)34(5)28-45(55-11)47(59-48)44(54-10)26-32(3)24-31(2)25-38/h12,25,27,32,34-35,38-47,52H,1,13-24,26,28-30H2,2-11H3/b31-25-,33-27+. The van der Waals surface area contributed by atoms with E-state index < -0.39 is 11.9 Å². The fourth-order valence-electron chi connectivity index (χ4n) is 10.6. The third kappa shape index (κ3) is 14.5. The number of hydrogen-bond acceptors (Lipinski definition) is 11. The Labute approximate surface area is 356 Å². The lowest BCUT2D eigenvalue weighted by Gasteiger charge is -2.48. The monoisotopic (exact) mass is 832 g/mol. The number of fused-ring (bicyclic) bond motifs is 3. The van der Waals surface area contributed by atoms with Gasteiger partial charge in [-0.25, -0.2) is 0 Å². The number of rotatable bonds is 9. The highest BCUT2D eigenvalue weighted by Crippen LogP contribution is 2.40. The van der Waals surface area contributed by atoms with E-state index in [1.165, 1.54) is 19.4 Å². The Morgan fingerprint density at radius 3 is 2.19 bits per heavy atom. The third-order valence-corrected chi connectivity index (χ3v) is 13.8. The zero-order valence-corrected chi connectivity index (χ0v) is 38.3. The highest BCUT2D eigenvalue weighted by atomic mass is 16.7. The summed E-state index contributed by atoms with van der Waals surface area (Å²) < 4.78 is 43.6. The molecular formula is C48H81NO10. The van der Waals surface area contributed by atoms with E-state index in [9.17, 15) is 14.7 Å². The van der Waals surface area contributed by atoms with Crippen LogP contribution in [0.5, 0.6) is 0 Å². The molecule has 1 saturated carbocycles. The molecule has 1 aliphatic carbocycles. The quantitative estimate of drug-likeness (QED) is 0.178. The van der Waals surface area contributed by atoms with Gasteiger partial charge in [0.25, 0.3) is 0 Å². The van der Waals surface area contributed by atoms with Crippen molar-refractivity contribution in [1.29, 1.82) is 0 Å². The zero-order chi connectivity index (χ0) is 43.3. The van der Waals surface area contributed by atoms with E-state index in [4.69, 9.17) is 33.2 Å². The molecule has 11 heteroatoms. The first-order valence-corrected chi connectivity index (χ1v) is 22.8. The Balaban J connectivity index is 1.70. The number of nitrogens with zero attached hydrogens (tertiary/aromatic N) is 1. The fraction of sp³-hybridized carbons (Fsp3) is 0.833. The summed E-state index contributed by atoms with van der Waals surface area (Å²) in [7, 11) is 5.16. The minimum atomic E-state index is -1.32. The molecule has 4 rings (SSSR count). The van der Waals surface area contributed by atoms with Gasteiger partial charge < -0.3 is 38.3 Å². The van der Waals surface area contributed by atoms with Gasteiger partial charge in [0, 0.05) is 66.0 Å². The number of hydrogen-bond donors (Lipinski definition) is 1. The van der Waals surface area contributed by atoms with Crippen LogP contribution in [0.25, 0.3) is 0 Å². The Hall–Kier alpha value is -2.12. The molecule has 0 aromatic carbocycles. The molecule has 0 aromatic rings. The van der Waals surface area contributed by atoms with Crippen molar-refractivity contribution < 1.29 is 47.9 Å². The summed E-state index contributed by atoms with van der Waals surface area (Å²) in [6, 6.07) is 0.159. The second-order valence-corrected chi connectivity index (χ2v) is 18.6. The first-order valence-electron chi connectivity index (χ1n) is 22.8. The Bertz CT molecular complexity index is 1380. The maximum absolute atomic E-state index is 12.7. The van der Waals surface area contributed by atoms with Crippen molar-refractivity contribution in [2.75, 3.05) is 41.0 Å².